The Labute approximate surface area is 178 Å². The lowest BCUT2D eigenvalue weighted by atomic mass is 9.95. The first kappa shape index (κ1) is 20.4. The number of benzene rings is 2. The zero-order valence-electron chi connectivity index (χ0n) is 17.3. The third-order valence-electron chi connectivity index (χ3n) is 5.04. The molecular formula is C22H21FN4O4. The van der Waals surface area contributed by atoms with Gasteiger partial charge in [-0.15, -0.1) is 0 Å². The molecule has 2 heterocycles. The van der Waals surface area contributed by atoms with Crippen molar-refractivity contribution in [1.29, 1.82) is 0 Å². The molecule has 3 aromatic rings. The van der Waals surface area contributed by atoms with Crippen LogP contribution >= 0.6 is 0 Å². The Bertz CT molecular complexity index is 1160. The Hall–Kier alpha value is -3.88. The van der Waals surface area contributed by atoms with Crippen LogP contribution in [-0.2, 0) is 16.1 Å². The van der Waals surface area contributed by atoms with E-state index < -0.39 is 12.0 Å². The molecule has 1 aliphatic rings. The second-order valence-electron chi connectivity index (χ2n) is 6.88. The van der Waals surface area contributed by atoms with Crippen molar-refractivity contribution in [3.63, 3.8) is 0 Å². The van der Waals surface area contributed by atoms with Crippen LogP contribution < -0.4 is 14.8 Å². The van der Waals surface area contributed by atoms with Gasteiger partial charge in [0.25, 0.3) is 0 Å². The predicted octanol–water partition coefficient (Wildman–Crippen LogP) is 3.47. The molecule has 0 radical (unpaired) electrons. The van der Waals surface area contributed by atoms with Gasteiger partial charge in [-0.05, 0) is 30.7 Å². The largest absolute Gasteiger partial charge is 0.493 e. The molecule has 9 heteroatoms. The SMILES string of the molecule is COC(=O)C1=C(C)Nc2ncnn2C1c1ccc(OCc2ccccc2F)c(OC)c1. The molecule has 31 heavy (non-hydrogen) atoms. The number of nitrogens with one attached hydrogen (secondary N) is 1. The van der Waals surface area contributed by atoms with Crippen molar-refractivity contribution in [2.45, 2.75) is 19.6 Å². The van der Waals surface area contributed by atoms with Gasteiger partial charge in [-0.25, -0.2) is 13.9 Å². The van der Waals surface area contributed by atoms with Gasteiger partial charge in [-0.1, -0.05) is 24.3 Å². The van der Waals surface area contributed by atoms with Gasteiger partial charge in [-0.2, -0.15) is 10.1 Å². The van der Waals surface area contributed by atoms with Gasteiger partial charge in [0, 0.05) is 11.3 Å². The molecule has 0 saturated heterocycles. The fraction of sp³-hybridized carbons (Fsp3) is 0.227. The minimum absolute atomic E-state index is 0.0510. The molecule has 1 atom stereocenters. The van der Waals surface area contributed by atoms with Crippen LogP contribution in [0.4, 0.5) is 10.3 Å². The molecule has 1 unspecified atom stereocenters. The van der Waals surface area contributed by atoms with Crippen LogP contribution in [0, 0.1) is 5.82 Å². The van der Waals surface area contributed by atoms with Crippen LogP contribution in [0.15, 0.2) is 60.1 Å². The number of halogens is 1. The lowest BCUT2D eigenvalue weighted by Crippen LogP contribution is -2.29. The van der Waals surface area contributed by atoms with Crippen molar-refractivity contribution in [3.8, 4) is 11.5 Å². The highest BCUT2D eigenvalue weighted by Crippen LogP contribution is 2.39. The number of hydrogen-bond acceptors (Lipinski definition) is 7. The molecule has 1 aromatic heterocycles. The normalized spacial score (nSPS) is 15.2. The summed E-state index contributed by atoms with van der Waals surface area (Å²) in [6, 6.07) is 11.1. The summed E-state index contributed by atoms with van der Waals surface area (Å²) in [5.41, 5.74) is 2.19. The Morgan fingerprint density at radius 3 is 2.74 bits per heavy atom. The van der Waals surface area contributed by atoms with E-state index in [0.29, 0.717) is 34.3 Å². The van der Waals surface area contributed by atoms with Gasteiger partial charge in [0.05, 0.1) is 19.8 Å². The summed E-state index contributed by atoms with van der Waals surface area (Å²) in [4.78, 5) is 16.7. The van der Waals surface area contributed by atoms with E-state index in [9.17, 15) is 9.18 Å². The van der Waals surface area contributed by atoms with E-state index in [-0.39, 0.29) is 12.4 Å². The van der Waals surface area contributed by atoms with Crippen LogP contribution in [0.3, 0.4) is 0 Å². The van der Waals surface area contributed by atoms with E-state index in [1.54, 1.807) is 48.0 Å². The van der Waals surface area contributed by atoms with Gasteiger partial charge >= 0.3 is 5.97 Å². The van der Waals surface area contributed by atoms with E-state index >= 15 is 0 Å². The number of nitrogens with zero attached hydrogens (tertiary/aromatic N) is 3. The molecule has 0 amide bonds. The molecule has 1 N–H and O–H groups in total. The van der Waals surface area contributed by atoms with Crippen molar-refractivity contribution in [2.24, 2.45) is 0 Å². The topological polar surface area (TPSA) is 87.5 Å². The van der Waals surface area contributed by atoms with Crippen LogP contribution in [0.5, 0.6) is 11.5 Å². The number of hydrogen-bond donors (Lipinski definition) is 1. The van der Waals surface area contributed by atoms with Crippen LogP contribution in [0.1, 0.15) is 24.1 Å². The summed E-state index contributed by atoms with van der Waals surface area (Å²) in [6.45, 7) is 1.83. The Balaban J connectivity index is 1.69. The zero-order chi connectivity index (χ0) is 22.0. The fourth-order valence-electron chi connectivity index (χ4n) is 3.52. The average Bonchev–Trinajstić information content (AvgIpc) is 3.25. The van der Waals surface area contributed by atoms with Gasteiger partial charge < -0.3 is 19.5 Å². The van der Waals surface area contributed by atoms with E-state index in [0.717, 1.165) is 5.56 Å². The van der Waals surface area contributed by atoms with Crippen molar-refractivity contribution < 1.29 is 23.4 Å². The number of allylic oxidation sites excluding steroid dienone is 1. The number of anilines is 1. The molecule has 1 aliphatic heterocycles. The van der Waals surface area contributed by atoms with E-state index in [2.05, 4.69) is 15.4 Å². The lowest BCUT2D eigenvalue weighted by molar-refractivity contribution is -0.136. The molecule has 2 aromatic carbocycles. The lowest BCUT2D eigenvalue weighted by Gasteiger charge is -2.28. The van der Waals surface area contributed by atoms with Crippen molar-refractivity contribution >= 4 is 11.9 Å². The molecule has 160 valence electrons. The standard InChI is InChI=1S/C22H21FN4O4/c1-13-19(21(28)30-3)20(27-22(26-13)24-12-25-27)14-8-9-17(18(10-14)29-2)31-11-15-6-4-5-7-16(15)23/h4-10,12,20H,11H2,1-3H3,(H,24,25,26). The Morgan fingerprint density at radius 2 is 2.00 bits per heavy atom. The molecule has 0 bridgehead atoms. The molecular weight excluding hydrogens is 403 g/mol. The molecule has 0 fully saturated rings. The summed E-state index contributed by atoms with van der Waals surface area (Å²) in [5.74, 6) is 0.581. The number of rotatable bonds is 6. The van der Waals surface area contributed by atoms with Crippen LogP contribution in [-0.4, -0.2) is 35.0 Å². The number of carbonyl (C=O) groups excluding carboxylic acids is 1. The zero-order valence-corrected chi connectivity index (χ0v) is 17.3. The maximum absolute atomic E-state index is 13.9. The van der Waals surface area contributed by atoms with Crippen molar-refractivity contribution in [2.75, 3.05) is 19.5 Å². The summed E-state index contributed by atoms with van der Waals surface area (Å²) in [6.07, 6.45) is 1.41. The molecule has 4 rings (SSSR count). The highest BCUT2D eigenvalue weighted by atomic mass is 19.1. The minimum Gasteiger partial charge on any atom is -0.493 e. The number of carbonyl (C=O) groups is 1. The maximum atomic E-state index is 13.9. The van der Waals surface area contributed by atoms with Crippen LogP contribution in [0.25, 0.3) is 0 Å². The summed E-state index contributed by atoms with van der Waals surface area (Å²) in [7, 11) is 2.84. The average molecular weight is 424 g/mol. The molecule has 0 aliphatic carbocycles. The van der Waals surface area contributed by atoms with E-state index in [1.165, 1.54) is 26.6 Å². The number of esters is 1. The first-order chi connectivity index (χ1) is 15.0. The van der Waals surface area contributed by atoms with Crippen LogP contribution in [0.2, 0.25) is 0 Å². The first-order valence-electron chi connectivity index (χ1n) is 9.53. The summed E-state index contributed by atoms with van der Waals surface area (Å²) < 4.78 is 31.8. The van der Waals surface area contributed by atoms with Crippen molar-refractivity contribution in [1.82, 2.24) is 14.8 Å². The van der Waals surface area contributed by atoms with Gasteiger partial charge in [-0.3, -0.25) is 0 Å². The maximum Gasteiger partial charge on any atom is 0.338 e. The summed E-state index contributed by atoms with van der Waals surface area (Å²) in [5, 5.41) is 7.33. The van der Waals surface area contributed by atoms with E-state index in [1.807, 2.05) is 0 Å². The molecule has 0 saturated carbocycles. The van der Waals surface area contributed by atoms with Gasteiger partial charge in [0.1, 0.15) is 24.8 Å². The van der Waals surface area contributed by atoms with Gasteiger partial charge in [0.15, 0.2) is 11.5 Å². The van der Waals surface area contributed by atoms with Gasteiger partial charge in [0.2, 0.25) is 5.95 Å². The number of fused-ring (bicyclic) bond motifs is 1. The first-order valence-corrected chi connectivity index (χ1v) is 9.53. The smallest absolute Gasteiger partial charge is 0.338 e. The number of methoxy groups -OCH3 is 2. The number of ether oxygens (including phenoxy) is 3. The minimum atomic E-state index is -0.569. The van der Waals surface area contributed by atoms with Crippen molar-refractivity contribution in [3.05, 3.63) is 77.0 Å². The quantitative estimate of drug-likeness (QED) is 0.606. The Morgan fingerprint density at radius 1 is 1.19 bits per heavy atom. The third-order valence-corrected chi connectivity index (χ3v) is 5.04. The second kappa shape index (κ2) is 8.47. The predicted molar refractivity (Wildman–Crippen MR) is 110 cm³/mol. The fourth-order valence-corrected chi connectivity index (χ4v) is 3.52. The Kier molecular flexibility index (Phi) is 5.57. The van der Waals surface area contributed by atoms with E-state index in [4.69, 9.17) is 14.2 Å². The monoisotopic (exact) mass is 424 g/mol. The second-order valence-corrected chi connectivity index (χ2v) is 6.88. The number of aromatic nitrogens is 3. The third kappa shape index (κ3) is 3.81. The summed E-state index contributed by atoms with van der Waals surface area (Å²) >= 11 is 0. The molecule has 8 nitrogen and oxygen atoms in total. The highest BCUT2D eigenvalue weighted by Gasteiger charge is 2.34. The molecule has 0 spiro atoms. The highest BCUT2D eigenvalue weighted by molar-refractivity contribution is 5.92.